The van der Waals surface area contributed by atoms with Crippen LogP contribution in [-0.2, 0) is 13.0 Å². The molecule has 3 aromatic heterocycles. The van der Waals surface area contributed by atoms with E-state index in [1.165, 1.54) is 0 Å². The SMILES string of the molecule is CN(C)c1ccc(-c2nccn2CCc2cnc[nH]2)cn1. The van der Waals surface area contributed by atoms with Gasteiger partial charge in [-0.05, 0) is 12.1 Å². The first-order valence-electron chi connectivity index (χ1n) is 6.86. The molecule has 0 amide bonds. The van der Waals surface area contributed by atoms with Gasteiger partial charge in [0.15, 0.2) is 0 Å². The van der Waals surface area contributed by atoms with Gasteiger partial charge in [0.1, 0.15) is 11.6 Å². The minimum atomic E-state index is 0.854. The van der Waals surface area contributed by atoms with Gasteiger partial charge in [-0.2, -0.15) is 0 Å². The van der Waals surface area contributed by atoms with Crippen LogP contribution in [0.1, 0.15) is 5.69 Å². The van der Waals surface area contributed by atoms with Crippen LogP contribution in [0.2, 0.25) is 0 Å². The number of anilines is 1. The predicted molar refractivity (Wildman–Crippen MR) is 82.1 cm³/mol. The van der Waals surface area contributed by atoms with Crippen molar-refractivity contribution in [2.75, 3.05) is 19.0 Å². The van der Waals surface area contributed by atoms with Gasteiger partial charge in [0, 0.05) is 63.1 Å². The van der Waals surface area contributed by atoms with E-state index in [0.29, 0.717) is 0 Å². The summed E-state index contributed by atoms with van der Waals surface area (Å²) in [5.41, 5.74) is 2.14. The third kappa shape index (κ3) is 2.94. The number of aromatic amines is 1. The van der Waals surface area contributed by atoms with Gasteiger partial charge in [-0.1, -0.05) is 0 Å². The number of pyridine rings is 1. The number of hydrogen-bond donors (Lipinski definition) is 1. The van der Waals surface area contributed by atoms with Crippen LogP contribution in [0, 0.1) is 0 Å². The molecule has 0 aromatic carbocycles. The Hall–Kier alpha value is -2.63. The molecule has 0 aliphatic carbocycles. The minimum absolute atomic E-state index is 0.854. The maximum absolute atomic E-state index is 4.44. The van der Waals surface area contributed by atoms with Crippen molar-refractivity contribution in [1.82, 2.24) is 24.5 Å². The smallest absolute Gasteiger partial charge is 0.141 e. The summed E-state index contributed by atoms with van der Waals surface area (Å²) >= 11 is 0. The standard InChI is InChI=1S/C15H18N6/c1-20(2)14-4-3-12(9-18-14)15-17-6-8-21(15)7-5-13-10-16-11-19-13/h3-4,6,8-11H,5,7H2,1-2H3,(H,16,19). The van der Waals surface area contributed by atoms with Crippen LogP contribution in [0.3, 0.4) is 0 Å². The summed E-state index contributed by atoms with van der Waals surface area (Å²) in [6, 6.07) is 4.06. The summed E-state index contributed by atoms with van der Waals surface area (Å²) in [6.07, 6.45) is 10.1. The van der Waals surface area contributed by atoms with E-state index in [2.05, 4.69) is 30.6 Å². The summed E-state index contributed by atoms with van der Waals surface area (Å²) in [5.74, 6) is 1.88. The Kier molecular flexibility index (Phi) is 3.68. The van der Waals surface area contributed by atoms with Crippen molar-refractivity contribution in [3.8, 4) is 11.4 Å². The highest BCUT2D eigenvalue weighted by atomic mass is 15.1. The molecule has 3 heterocycles. The van der Waals surface area contributed by atoms with Crippen molar-refractivity contribution in [2.45, 2.75) is 13.0 Å². The van der Waals surface area contributed by atoms with E-state index in [-0.39, 0.29) is 0 Å². The van der Waals surface area contributed by atoms with Crippen LogP contribution in [0.15, 0.2) is 43.2 Å². The highest BCUT2D eigenvalue weighted by molar-refractivity contribution is 5.56. The minimum Gasteiger partial charge on any atom is -0.363 e. The van der Waals surface area contributed by atoms with Gasteiger partial charge < -0.3 is 14.5 Å². The molecular weight excluding hydrogens is 264 g/mol. The van der Waals surface area contributed by atoms with Crippen LogP contribution in [0.25, 0.3) is 11.4 Å². The Balaban J connectivity index is 1.78. The molecule has 0 bridgehead atoms. The molecule has 0 spiro atoms. The average molecular weight is 282 g/mol. The number of nitrogens with one attached hydrogen (secondary N) is 1. The van der Waals surface area contributed by atoms with Crippen LogP contribution in [-0.4, -0.2) is 38.6 Å². The summed E-state index contributed by atoms with van der Waals surface area (Å²) in [5, 5.41) is 0. The molecule has 0 atom stereocenters. The van der Waals surface area contributed by atoms with E-state index in [9.17, 15) is 0 Å². The predicted octanol–water partition coefficient (Wildman–Crippen LogP) is 1.98. The fourth-order valence-electron chi connectivity index (χ4n) is 2.20. The number of rotatable bonds is 5. The number of H-pyrrole nitrogens is 1. The van der Waals surface area contributed by atoms with E-state index in [0.717, 1.165) is 35.9 Å². The second kappa shape index (κ2) is 5.78. The zero-order valence-electron chi connectivity index (χ0n) is 12.2. The first kappa shape index (κ1) is 13.4. The van der Waals surface area contributed by atoms with E-state index in [1.54, 1.807) is 6.33 Å². The maximum Gasteiger partial charge on any atom is 0.141 e. The van der Waals surface area contributed by atoms with Crippen molar-refractivity contribution >= 4 is 5.82 Å². The summed E-state index contributed by atoms with van der Waals surface area (Å²) < 4.78 is 2.13. The highest BCUT2D eigenvalue weighted by Crippen LogP contribution is 2.19. The van der Waals surface area contributed by atoms with Crippen LogP contribution in [0.5, 0.6) is 0 Å². The molecule has 3 aromatic rings. The van der Waals surface area contributed by atoms with Gasteiger partial charge in [0.05, 0.1) is 6.33 Å². The monoisotopic (exact) mass is 282 g/mol. The zero-order valence-corrected chi connectivity index (χ0v) is 12.2. The molecule has 108 valence electrons. The Labute approximate surface area is 123 Å². The van der Waals surface area contributed by atoms with Crippen molar-refractivity contribution in [1.29, 1.82) is 0 Å². The topological polar surface area (TPSA) is 62.6 Å². The summed E-state index contributed by atoms with van der Waals surface area (Å²) in [7, 11) is 3.96. The molecule has 1 N–H and O–H groups in total. The van der Waals surface area contributed by atoms with Gasteiger partial charge >= 0.3 is 0 Å². The number of nitrogens with zero attached hydrogens (tertiary/aromatic N) is 5. The fourth-order valence-corrected chi connectivity index (χ4v) is 2.20. The van der Waals surface area contributed by atoms with Crippen molar-refractivity contribution in [2.24, 2.45) is 0 Å². The first-order valence-corrected chi connectivity index (χ1v) is 6.86. The number of imidazole rings is 2. The average Bonchev–Trinajstić information content (AvgIpc) is 3.16. The number of hydrogen-bond acceptors (Lipinski definition) is 4. The lowest BCUT2D eigenvalue weighted by atomic mass is 10.2. The Morgan fingerprint density at radius 3 is 2.76 bits per heavy atom. The zero-order chi connectivity index (χ0) is 14.7. The summed E-state index contributed by atoms with van der Waals surface area (Å²) in [6.45, 7) is 0.854. The first-order chi connectivity index (χ1) is 10.2. The Morgan fingerprint density at radius 2 is 2.10 bits per heavy atom. The fraction of sp³-hybridized carbons (Fsp3) is 0.267. The van der Waals surface area contributed by atoms with Crippen molar-refractivity contribution < 1.29 is 0 Å². The molecule has 0 saturated carbocycles. The van der Waals surface area contributed by atoms with Gasteiger partial charge in [0.2, 0.25) is 0 Å². The van der Waals surface area contributed by atoms with E-state index in [1.807, 2.05) is 49.8 Å². The Bertz CT molecular complexity index is 681. The summed E-state index contributed by atoms with van der Waals surface area (Å²) in [4.78, 5) is 18.0. The van der Waals surface area contributed by atoms with Crippen molar-refractivity contribution in [3.05, 3.63) is 48.9 Å². The van der Waals surface area contributed by atoms with E-state index in [4.69, 9.17) is 0 Å². The molecule has 0 aliphatic rings. The Morgan fingerprint density at radius 1 is 1.19 bits per heavy atom. The third-order valence-electron chi connectivity index (χ3n) is 3.36. The molecule has 6 nitrogen and oxygen atoms in total. The van der Waals surface area contributed by atoms with Crippen LogP contribution in [0.4, 0.5) is 5.82 Å². The lowest BCUT2D eigenvalue weighted by molar-refractivity contribution is 0.694. The number of aromatic nitrogens is 5. The highest BCUT2D eigenvalue weighted by Gasteiger charge is 2.07. The van der Waals surface area contributed by atoms with Crippen LogP contribution >= 0.6 is 0 Å². The lowest BCUT2D eigenvalue weighted by Crippen LogP contribution is -2.10. The molecule has 0 aliphatic heterocycles. The molecule has 3 rings (SSSR count). The van der Waals surface area contributed by atoms with E-state index >= 15 is 0 Å². The molecule has 6 heteroatoms. The molecule has 0 saturated heterocycles. The molecule has 0 unspecified atom stereocenters. The van der Waals surface area contributed by atoms with Gasteiger partial charge in [-0.15, -0.1) is 0 Å². The maximum atomic E-state index is 4.44. The molecule has 0 radical (unpaired) electrons. The molecule has 0 fully saturated rings. The largest absolute Gasteiger partial charge is 0.363 e. The van der Waals surface area contributed by atoms with Crippen molar-refractivity contribution in [3.63, 3.8) is 0 Å². The second-order valence-corrected chi connectivity index (χ2v) is 5.07. The third-order valence-corrected chi connectivity index (χ3v) is 3.36. The molecule has 21 heavy (non-hydrogen) atoms. The normalized spacial score (nSPS) is 10.8. The van der Waals surface area contributed by atoms with E-state index < -0.39 is 0 Å². The quantitative estimate of drug-likeness (QED) is 0.777. The van der Waals surface area contributed by atoms with Gasteiger partial charge in [-0.3, -0.25) is 0 Å². The second-order valence-electron chi connectivity index (χ2n) is 5.07. The lowest BCUT2D eigenvalue weighted by Gasteiger charge is -2.12. The van der Waals surface area contributed by atoms with Crippen LogP contribution < -0.4 is 4.90 Å². The molecular formula is C15H18N6. The number of aryl methyl sites for hydroxylation is 2. The van der Waals surface area contributed by atoms with Gasteiger partial charge in [0.25, 0.3) is 0 Å². The van der Waals surface area contributed by atoms with Gasteiger partial charge in [-0.25, -0.2) is 15.0 Å².